The van der Waals surface area contributed by atoms with E-state index in [1.807, 2.05) is 26.8 Å². The van der Waals surface area contributed by atoms with Crippen molar-refractivity contribution in [1.82, 2.24) is 0 Å². The molecule has 0 aliphatic carbocycles. The summed E-state index contributed by atoms with van der Waals surface area (Å²) in [6.07, 6.45) is 0.747. The van der Waals surface area contributed by atoms with Crippen LogP contribution < -0.4 is 5.32 Å². The van der Waals surface area contributed by atoms with Gasteiger partial charge in [0.25, 0.3) is 5.91 Å². The maximum atomic E-state index is 12.2. The van der Waals surface area contributed by atoms with Gasteiger partial charge in [-0.25, -0.2) is 4.79 Å². The minimum absolute atomic E-state index is 0.157. The van der Waals surface area contributed by atoms with Crippen LogP contribution in [0.1, 0.15) is 42.3 Å². The van der Waals surface area contributed by atoms with Gasteiger partial charge in [0.05, 0.1) is 11.1 Å². The molecule has 0 bridgehead atoms. The van der Waals surface area contributed by atoms with Crippen LogP contribution in [-0.4, -0.2) is 17.0 Å². The third kappa shape index (κ3) is 2.91. The van der Waals surface area contributed by atoms with E-state index in [0.717, 1.165) is 21.1 Å². The van der Waals surface area contributed by atoms with E-state index in [4.69, 9.17) is 0 Å². The first-order chi connectivity index (χ1) is 9.42. The van der Waals surface area contributed by atoms with E-state index in [1.54, 1.807) is 17.4 Å². The van der Waals surface area contributed by atoms with Gasteiger partial charge in [0.1, 0.15) is 5.00 Å². The number of aromatic carboxylic acids is 1. The van der Waals surface area contributed by atoms with Gasteiger partial charge >= 0.3 is 5.97 Å². The Morgan fingerprint density at radius 1 is 1.20 bits per heavy atom. The van der Waals surface area contributed by atoms with Gasteiger partial charge in [-0.15, -0.1) is 22.7 Å². The number of anilines is 1. The van der Waals surface area contributed by atoms with Crippen LogP contribution in [0.2, 0.25) is 0 Å². The van der Waals surface area contributed by atoms with Crippen molar-refractivity contribution >= 4 is 39.6 Å². The number of amides is 1. The SMILES string of the molecule is CCc1cc(C(=O)O)c(NC(=O)c2cc(C)sc2C)s1. The summed E-state index contributed by atoms with van der Waals surface area (Å²) in [6.45, 7) is 5.78. The normalized spacial score (nSPS) is 10.6. The van der Waals surface area contributed by atoms with Crippen LogP contribution in [0, 0.1) is 13.8 Å². The summed E-state index contributed by atoms with van der Waals surface area (Å²) < 4.78 is 0. The number of rotatable bonds is 4. The van der Waals surface area contributed by atoms with Gasteiger partial charge in [-0.1, -0.05) is 6.92 Å². The number of thiophene rings is 2. The van der Waals surface area contributed by atoms with Gasteiger partial charge in [-0.05, 0) is 32.4 Å². The molecule has 2 N–H and O–H groups in total. The summed E-state index contributed by atoms with van der Waals surface area (Å²) in [5, 5.41) is 12.3. The first-order valence-electron chi connectivity index (χ1n) is 6.16. The average molecular weight is 309 g/mol. The van der Waals surface area contributed by atoms with Crippen LogP contribution in [0.25, 0.3) is 0 Å². The highest BCUT2D eigenvalue weighted by atomic mass is 32.1. The largest absolute Gasteiger partial charge is 0.478 e. The van der Waals surface area contributed by atoms with E-state index >= 15 is 0 Å². The summed E-state index contributed by atoms with van der Waals surface area (Å²) >= 11 is 2.87. The number of nitrogens with one attached hydrogen (secondary N) is 1. The third-order valence-corrected chi connectivity index (χ3v) is 5.04. The van der Waals surface area contributed by atoms with Crippen molar-refractivity contribution in [3.63, 3.8) is 0 Å². The first-order valence-corrected chi connectivity index (χ1v) is 7.80. The Morgan fingerprint density at radius 3 is 2.40 bits per heavy atom. The Labute approximate surface area is 125 Å². The molecular formula is C14H15NO3S2. The number of carboxylic acid groups (broad SMARTS) is 1. The fraction of sp³-hybridized carbons (Fsp3) is 0.286. The Morgan fingerprint density at radius 2 is 1.90 bits per heavy atom. The van der Waals surface area contributed by atoms with Crippen LogP contribution >= 0.6 is 22.7 Å². The third-order valence-electron chi connectivity index (χ3n) is 2.87. The fourth-order valence-electron chi connectivity index (χ4n) is 1.89. The lowest BCUT2D eigenvalue weighted by Gasteiger charge is -2.03. The molecule has 106 valence electrons. The van der Waals surface area contributed by atoms with E-state index in [-0.39, 0.29) is 11.5 Å². The molecule has 0 radical (unpaired) electrons. The molecule has 0 saturated heterocycles. The zero-order chi connectivity index (χ0) is 14.9. The lowest BCUT2D eigenvalue weighted by atomic mass is 10.2. The van der Waals surface area contributed by atoms with Crippen molar-refractivity contribution in [2.24, 2.45) is 0 Å². The lowest BCUT2D eigenvalue weighted by Crippen LogP contribution is -2.13. The fourth-order valence-corrected chi connectivity index (χ4v) is 3.80. The molecule has 6 heteroatoms. The molecule has 1 amide bonds. The molecule has 20 heavy (non-hydrogen) atoms. The van der Waals surface area contributed by atoms with Gasteiger partial charge < -0.3 is 10.4 Å². The Bertz CT molecular complexity index is 670. The minimum atomic E-state index is -1.02. The molecule has 0 aromatic carbocycles. The van der Waals surface area contributed by atoms with Crippen LogP contribution in [0.5, 0.6) is 0 Å². The van der Waals surface area contributed by atoms with Gasteiger partial charge in [0, 0.05) is 14.6 Å². The first kappa shape index (κ1) is 14.7. The predicted molar refractivity (Wildman–Crippen MR) is 82.4 cm³/mol. The summed E-state index contributed by atoms with van der Waals surface area (Å²) in [7, 11) is 0. The van der Waals surface area contributed by atoms with Crippen LogP contribution in [-0.2, 0) is 6.42 Å². The number of carbonyl (C=O) groups excluding carboxylic acids is 1. The highest BCUT2D eigenvalue weighted by Crippen LogP contribution is 2.30. The smallest absolute Gasteiger partial charge is 0.338 e. The summed E-state index contributed by atoms with van der Waals surface area (Å²) in [4.78, 5) is 26.4. The Balaban J connectivity index is 2.30. The molecule has 2 aromatic rings. The topological polar surface area (TPSA) is 66.4 Å². The molecule has 0 atom stereocenters. The molecule has 0 unspecified atom stereocenters. The van der Waals surface area contributed by atoms with Crippen molar-refractivity contribution in [2.45, 2.75) is 27.2 Å². The second-order valence-corrected chi connectivity index (χ2v) is 6.99. The molecule has 0 saturated carbocycles. The number of aryl methyl sites for hydroxylation is 3. The standard InChI is InChI=1S/C14H15NO3S2/c1-4-9-6-11(14(17)18)13(20-9)15-12(16)10-5-7(2)19-8(10)3/h5-6H,4H2,1-3H3,(H,15,16)(H,17,18). The van der Waals surface area contributed by atoms with E-state index in [2.05, 4.69) is 5.32 Å². The predicted octanol–water partition coefficient (Wildman–Crippen LogP) is 3.94. The molecule has 0 spiro atoms. The molecule has 2 rings (SSSR count). The second-order valence-electron chi connectivity index (χ2n) is 4.40. The highest BCUT2D eigenvalue weighted by molar-refractivity contribution is 7.16. The van der Waals surface area contributed by atoms with E-state index in [9.17, 15) is 14.7 Å². The number of hydrogen-bond acceptors (Lipinski definition) is 4. The molecule has 2 aromatic heterocycles. The maximum absolute atomic E-state index is 12.2. The Hall–Kier alpha value is -1.66. The molecule has 0 fully saturated rings. The minimum Gasteiger partial charge on any atom is -0.478 e. The summed E-state index contributed by atoms with van der Waals surface area (Å²) in [6, 6.07) is 3.44. The van der Waals surface area contributed by atoms with Crippen molar-refractivity contribution < 1.29 is 14.7 Å². The second kappa shape index (κ2) is 5.76. The molecule has 2 heterocycles. The summed E-state index contributed by atoms with van der Waals surface area (Å²) in [5.74, 6) is -1.27. The molecule has 4 nitrogen and oxygen atoms in total. The van der Waals surface area contributed by atoms with Crippen molar-refractivity contribution in [3.05, 3.63) is 37.9 Å². The zero-order valence-corrected chi connectivity index (χ0v) is 13.1. The lowest BCUT2D eigenvalue weighted by molar-refractivity contribution is 0.0698. The maximum Gasteiger partial charge on any atom is 0.338 e. The van der Waals surface area contributed by atoms with Gasteiger partial charge in [0.15, 0.2) is 0 Å². The summed E-state index contributed by atoms with van der Waals surface area (Å²) in [5.41, 5.74) is 0.764. The van der Waals surface area contributed by atoms with Crippen LogP contribution in [0.15, 0.2) is 12.1 Å². The molecule has 0 aliphatic heterocycles. The number of carboxylic acids is 1. The average Bonchev–Trinajstić information content (AvgIpc) is 2.92. The van der Waals surface area contributed by atoms with Gasteiger partial charge in [-0.3, -0.25) is 4.79 Å². The van der Waals surface area contributed by atoms with E-state index in [0.29, 0.717) is 10.6 Å². The van der Waals surface area contributed by atoms with Crippen molar-refractivity contribution in [1.29, 1.82) is 0 Å². The quantitative estimate of drug-likeness (QED) is 0.899. The van der Waals surface area contributed by atoms with Gasteiger partial charge in [-0.2, -0.15) is 0 Å². The monoisotopic (exact) mass is 309 g/mol. The van der Waals surface area contributed by atoms with Crippen molar-refractivity contribution in [2.75, 3.05) is 5.32 Å². The highest BCUT2D eigenvalue weighted by Gasteiger charge is 2.19. The van der Waals surface area contributed by atoms with Crippen LogP contribution in [0.3, 0.4) is 0 Å². The number of carbonyl (C=O) groups is 2. The van der Waals surface area contributed by atoms with E-state index in [1.165, 1.54) is 11.3 Å². The molecule has 0 aliphatic rings. The Kier molecular flexibility index (Phi) is 4.25. The number of hydrogen-bond donors (Lipinski definition) is 2. The van der Waals surface area contributed by atoms with Crippen molar-refractivity contribution in [3.8, 4) is 0 Å². The van der Waals surface area contributed by atoms with Gasteiger partial charge in [0.2, 0.25) is 0 Å². The van der Waals surface area contributed by atoms with Crippen LogP contribution in [0.4, 0.5) is 5.00 Å². The van der Waals surface area contributed by atoms with E-state index < -0.39 is 5.97 Å². The molecular weight excluding hydrogens is 294 g/mol. The zero-order valence-electron chi connectivity index (χ0n) is 11.4.